The molecule has 0 saturated heterocycles. The van der Waals surface area contributed by atoms with Gasteiger partial charge >= 0.3 is 5.97 Å². The predicted octanol–water partition coefficient (Wildman–Crippen LogP) is 5.40. The second-order valence-electron chi connectivity index (χ2n) is 13.6. The molecule has 43 heavy (non-hydrogen) atoms. The number of nitrogens with one attached hydrogen (secondary N) is 2. The lowest BCUT2D eigenvalue weighted by molar-refractivity contribution is -0.125. The molecule has 0 spiro atoms. The van der Waals surface area contributed by atoms with E-state index in [0.717, 1.165) is 43.9 Å². The van der Waals surface area contributed by atoms with Crippen molar-refractivity contribution >= 4 is 28.5 Å². The number of allylic oxidation sites excluding steroid dienone is 4. The maximum atomic E-state index is 12.5. The minimum atomic E-state index is -1.05. The van der Waals surface area contributed by atoms with Crippen molar-refractivity contribution < 1.29 is 29.4 Å². The molecule has 2 aromatic rings. The number of fused-ring (bicyclic) bond motifs is 6. The van der Waals surface area contributed by atoms with Gasteiger partial charge in [0.1, 0.15) is 17.2 Å². The summed E-state index contributed by atoms with van der Waals surface area (Å²) in [6.07, 6.45) is 13.1. The van der Waals surface area contributed by atoms with E-state index in [-0.39, 0.29) is 35.6 Å². The fourth-order valence-electron chi connectivity index (χ4n) is 8.85. The molecule has 9 nitrogen and oxygen atoms in total. The van der Waals surface area contributed by atoms with E-state index in [1.54, 1.807) is 25.3 Å². The number of rotatable bonds is 8. The molecule has 0 aliphatic heterocycles. The first-order valence-corrected chi connectivity index (χ1v) is 15.5. The van der Waals surface area contributed by atoms with Gasteiger partial charge in [-0.15, -0.1) is 0 Å². The Morgan fingerprint density at radius 2 is 1.93 bits per heavy atom. The van der Waals surface area contributed by atoms with Crippen LogP contribution in [0.1, 0.15) is 75.3 Å². The molecule has 4 aliphatic carbocycles. The van der Waals surface area contributed by atoms with Crippen molar-refractivity contribution in [1.82, 2.24) is 10.3 Å². The monoisotopic (exact) mass is 589 g/mol. The zero-order valence-corrected chi connectivity index (χ0v) is 25.5. The first kappa shape index (κ1) is 29.5. The molecule has 1 aromatic carbocycles. The number of ether oxygens (including phenoxy) is 1. The SMILES string of the molecule is COc1ccc2[nH]c(C(=O)O)c(CCNC(=O)CON=C3C=C[C@@]4(C)C(=C3)CC[C@@H]3[C@@H]4CC[C@@]4(C)[C@H]3CC[C@]4(C)O)c2c1. The lowest BCUT2D eigenvalue weighted by atomic mass is 9.47. The fourth-order valence-corrected chi connectivity index (χ4v) is 8.85. The van der Waals surface area contributed by atoms with Gasteiger partial charge in [0, 0.05) is 22.9 Å². The summed E-state index contributed by atoms with van der Waals surface area (Å²) in [6, 6.07) is 5.35. The molecule has 4 aliphatic rings. The van der Waals surface area contributed by atoms with Gasteiger partial charge in [-0.3, -0.25) is 4.79 Å². The number of carbonyl (C=O) groups is 2. The Morgan fingerprint density at radius 1 is 1.14 bits per heavy atom. The van der Waals surface area contributed by atoms with Crippen LogP contribution in [0, 0.1) is 28.6 Å². The molecule has 6 rings (SSSR count). The predicted molar refractivity (Wildman–Crippen MR) is 164 cm³/mol. The highest BCUT2D eigenvalue weighted by molar-refractivity contribution is 6.05. The van der Waals surface area contributed by atoms with Crippen molar-refractivity contribution in [2.24, 2.45) is 33.7 Å². The second-order valence-corrected chi connectivity index (χ2v) is 13.6. The molecule has 4 N–H and O–H groups in total. The number of hydrogen-bond acceptors (Lipinski definition) is 6. The van der Waals surface area contributed by atoms with Crippen LogP contribution in [0.3, 0.4) is 0 Å². The number of aromatic carboxylic acids is 1. The molecule has 3 fully saturated rings. The van der Waals surface area contributed by atoms with Gasteiger partial charge in [-0.25, -0.2) is 4.79 Å². The topological polar surface area (TPSA) is 133 Å². The van der Waals surface area contributed by atoms with Crippen molar-refractivity contribution in [3.63, 3.8) is 0 Å². The number of methoxy groups -OCH3 is 1. The Bertz CT molecular complexity index is 1540. The highest BCUT2D eigenvalue weighted by Crippen LogP contribution is 2.66. The third-order valence-electron chi connectivity index (χ3n) is 11.5. The third kappa shape index (κ3) is 4.95. The summed E-state index contributed by atoms with van der Waals surface area (Å²) in [7, 11) is 1.56. The zero-order chi connectivity index (χ0) is 30.6. The van der Waals surface area contributed by atoms with Gasteiger partial charge in [-0.2, -0.15) is 0 Å². The summed E-state index contributed by atoms with van der Waals surface area (Å²) >= 11 is 0. The fraction of sp³-hybridized carbons (Fsp3) is 0.559. The summed E-state index contributed by atoms with van der Waals surface area (Å²) in [5.74, 6) is 1.00. The zero-order valence-electron chi connectivity index (χ0n) is 25.5. The number of nitrogens with zero attached hydrogens (tertiary/aromatic N) is 1. The highest BCUT2D eigenvalue weighted by Gasteiger charge is 2.62. The van der Waals surface area contributed by atoms with Crippen LogP contribution >= 0.6 is 0 Å². The van der Waals surface area contributed by atoms with Gasteiger partial charge in [0.25, 0.3) is 5.91 Å². The Kier molecular flexibility index (Phi) is 7.43. The summed E-state index contributed by atoms with van der Waals surface area (Å²) in [4.78, 5) is 32.7. The molecule has 3 saturated carbocycles. The van der Waals surface area contributed by atoms with Crippen molar-refractivity contribution in [2.75, 3.05) is 20.3 Å². The largest absolute Gasteiger partial charge is 0.497 e. The average molecular weight is 590 g/mol. The first-order chi connectivity index (χ1) is 20.5. The number of amides is 1. The molecular formula is C34H43N3O6. The summed E-state index contributed by atoms with van der Waals surface area (Å²) in [6.45, 7) is 6.74. The van der Waals surface area contributed by atoms with Crippen LogP contribution in [0.15, 0.2) is 47.2 Å². The van der Waals surface area contributed by atoms with Crippen LogP contribution in [0.2, 0.25) is 0 Å². The van der Waals surface area contributed by atoms with Crippen molar-refractivity contribution in [2.45, 2.75) is 71.3 Å². The molecular weight excluding hydrogens is 546 g/mol. The van der Waals surface area contributed by atoms with Crippen LogP contribution in [0.5, 0.6) is 5.75 Å². The number of hydrogen-bond donors (Lipinski definition) is 4. The lowest BCUT2D eigenvalue weighted by Gasteiger charge is -2.58. The quantitative estimate of drug-likeness (QED) is 0.305. The summed E-state index contributed by atoms with van der Waals surface area (Å²) in [5.41, 5.74) is 2.92. The van der Waals surface area contributed by atoms with Crippen molar-refractivity contribution in [3.05, 3.63) is 53.3 Å². The van der Waals surface area contributed by atoms with Gasteiger partial charge in [0.15, 0.2) is 6.61 Å². The van der Waals surface area contributed by atoms with Crippen molar-refractivity contribution in [3.8, 4) is 5.75 Å². The maximum absolute atomic E-state index is 12.5. The van der Waals surface area contributed by atoms with E-state index in [2.05, 4.69) is 41.5 Å². The summed E-state index contributed by atoms with van der Waals surface area (Å²) < 4.78 is 5.29. The second kappa shape index (κ2) is 10.8. The molecule has 0 unspecified atom stereocenters. The number of aromatic amines is 1. The van der Waals surface area contributed by atoms with E-state index in [0.29, 0.717) is 46.7 Å². The Balaban J connectivity index is 1.04. The molecule has 1 aromatic heterocycles. The van der Waals surface area contributed by atoms with E-state index < -0.39 is 11.6 Å². The number of H-pyrrole nitrogens is 1. The van der Waals surface area contributed by atoms with E-state index in [9.17, 15) is 19.8 Å². The van der Waals surface area contributed by atoms with Crippen LogP contribution in [0.4, 0.5) is 0 Å². The molecule has 1 amide bonds. The van der Waals surface area contributed by atoms with Gasteiger partial charge in [-0.1, -0.05) is 30.7 Å². The smallest absolute Gasteiger partial charge is 0.352 e. The molecule has 9 heteroatoms. The molecule has 230 valence electrons. The van der Waals surface area contributed by atoms with Crippen LogP contribution in [0.25, 0.3) is 10.9 Å². The van der Waals surface area contributed by atoms with Gasteiger partial charge < -0.3 is 30.1 Å². The maximum Gasteiger partial charge on any atom is 0.352 e. The van der Waals surface area contributed by atoms with E-state index in [1.165, 1.54) is 5.57 Å². The van der Waals surface area contributed by atoms with Crippen LogP contribution < -0.4 is 10.1 Å². The Morgan fingerprint density at radius 3 is 2.70 bits per heavy atom. The van der Waals surface area contributed by atoms with E-state index in [1.807, 2.05) is 13.0 Å². The summed E-state index contributed by atoms with van der Waals surface area (Å²) in [5, 5.41) is 28.6. The number of aromatic nitrogens is 1. The number of carbonyl (C=O) groups excluding carboxylic acids is 1. The average Bonchev–Trinajstić information content (AvgIpc) is 3.46. The minimum Gasteiger partial charge on any atom is -0.497 e. The standard InChI is InChI=1S/C34H43N3O6/c1-32-13-9-21(17-20(32)5-7-24-26(32)10-14-33(2)27(24)11-15-34(33,3)41)37-43-19-29(38)35-16-12-23-25-18-22(42-4)6-8-28(25)36-30(23)31(39)40/h6,8-9,13,17-18,24,26-27,36,41H,5,7,10-12,14-16,19H2,1-4H3,(H,35,38)(H,39,40)/t24-,26+,27+,32+,33+,34+/m1/s1. The van der Waals surface area contributed by atoms with Gasteiger partial charge in [-0.05, 0) is 111 Å². The highest BCUT2D eigenvalue weighted by atomic mass is 16.6. The van der Waals surface area contributed by atoms with Gasteiger partial charge in [0.05, 0.1) is 12.7 Å². The first-order valence-electron chi connectivity index (χ1n) is 15.5. The van der Waals surface area contributed by atoms with Crippen molar-refractivity contribution in [1.29, 1.82) is 0 Å². The minimum absolute atomic E-state index is 0.00662. The number of benzene rings is 1. The molecule has 1 heterocycles. The number of aliphatic hydroxyl groups is 1. The Hall–Kier alpha value is -3.59. The molecule has 0 radical (unpaired) electrons. The number of carboxylic acids is 1. The lowest BCUT2D eigenvalue weighted by Crippen LogP contribution is -2.53. The number of carboxylic acid groups (broad SMARTS) is 1. The molecule has 0 bridgehead atoms. The van der Waals surface area contributed by atoms with Gasteiger partial charge in [0.2, 0.25) is 0 Å². The van der Waals surface area contributed by atoms with E-state index in [4.69, 9.17) is 9.57 Å². The van der Waals surface area contributed by atoms with E-state index >= 15 is 0 Å². The van der Waals surface area contributed by atoms with Crippen LogP contribution in [-0.4, -0.2) is 58.6 Å². The number of oxime groups is 1. The molecule has 6 atom stereocenters. The third-order valence-corrected chi connectivity index (χ3v) is 11.5. The Labute approximate surface area is 252 Å². The normalized spacial score (nSPS) is 33.8. The van der Waals surface area contributed by atoms with Crippen LogP contribution in [-0.2, 0) is 16.1 Å².